The van der Waals surface area contributed by atoms with E-state index in [0.717, 1.165) is 39.4 Å². The number of nitrogens with one attached hydrogen (secondary N) is 2. The fourth-order valence-corrected chi connectivity index (χ4v) is 4.69. The maximum Gasteiger partial charge on any atom is 0.235 e. The standard InChI is InChI=1S/C23H21N3O2/c1-3-13-7-6-9-15-17(12-26(2)21(13)15)20-19(22(27)25-23(20)28)16-11-24-18-10-5-4-8-14(16)18/h4-12,19-20,24H,3H2,1-2H3,(H,25,27,28)/t19?,20-/m0/s1. The number of hydrogen-bond donors (Lipinski definition) is 2. The third-order valence-electron chi connectivity index (χ3n) is 5.93. The van der Waals surface area contributed by atoms with Gasteiger partial charge in [-0.25, -0.2) is 0 Å². The number of imide groups is 1. The van der Waals surface area contributed by atoms with Crippen LogP contribution in [0.5, 0.6) is 0 Å². The number of aromatic nitrogens is 2. The summed E-state index contributed by atoms with van der Waals surface area (Å²) < 4.78 is 2.08. The summed E-state index contributed by atoms with van der Waals surface area (Å²) in [6.07, 6.45) is 4.79. The molecule has 2 aromatic heterocycles. The Morgan fingerprint density at radius 1 is 0.929 bits per heavy atom. The second-order valence-corrected chi connectivity index (χ2v) is 7.46. The van der Waals surface area contributed by atoms with E-state index in [0.29, 0.717) is 0 Å². The van der Waals surface area contributed by atoms with Crippen LogP contribution in [0.15, 0.2) is 54.9 Å². The van der Waals surface area contributed by atoms with Gasteiger partial charge in [-0.1, -0.05) is 43.3 Å². The lowest BCUT2D eigenvalue weighted by Gasteiger charge is -2.15. The van der Waals surface area contributed by atoms with Crippen LogP contribution >= 0.6 is 0 Å². The first-order chi connectivity index (χ1) is 13.6. The molecule has 0 radical (unpaired) electrons. The van der Waals surface area contributed by atoms with Gasteiger partial charge in [-0.2, -0.15) is 0 Å². The monoisotopic (exact) mass is 371 g/mol. The number of aromatic amines is 1. The molecule has 28 heavy (non-hydrogen) atoms. The number of fused-ring (bicyclic) bond motifs is 2. The molecule has 2 N–H and O–H groups in total. The van der Waals surface area contributed by atoms with E-state index in [9.17, 15) is 9.59 Å². The molecule has 1 fully saturated rings. The molecule has 3 heterocycles. The Hall–Kier alpha value is -3.34. The summed E-state index contributed by atoms with van der Waals surface area (Å²) in [5.74, 6) is -1.54. The van der Waals surface area contributed by atoms with Crippen molar-refractivity contribution in [1.29, 1.82) is 0 Å². The van der Waals surface area contributed by atoms with Crippen LogP contribution in [-0.4, -0.2) is 21.4 Å². The van der Waals surface area contributed by atoms with Crippen molar-refractivity contribution < 1.29 is 9.59 Å². The van der Waals surface area contributed by atoms with Crippen LogP contribution in [0.3, 0.4) is 0 Å². The van der Waals surface area contributed by atoms with Crippen LogP contribution in [0.4, 0.5) is 0 Å². The molecule has 0 saturated carbocycles. The van der Waals surface area contributed by atoms with Crippen LogP contribution in [0.2, 0.25) is 0 Å². The minimum atomic E-state index is -0.542. The highest BCUT2D eigenvalue weighted by molar-refractivity contribution is 6.13. The normalized spacial score (nSPS) is 19.6. The summed E-state index contributed by atoms with van der Waals surface area (Å²) in [4.78, 5) is 28.9. The highest BCUT2D eigenvalue weighted by atomic mass is 16.2. The number of aryl methyl sites for hydroxylation is 2. The Morgan fingerprint density at radius 3 is 2.43 bits per heavy atom. The molecular formula is C23H21N3O2. The molecule has 5 heteroatoms. The van der Waals surface area contributed by atoms with Gasteiger partial charge in [0.2, 0.25) is 11.8 Å². The van der Waals surface area contributed by atoms with E-state index in [2.05, 4.69) is 27.9 Å². The smallest absolute Gasteiger partial charge is 0.235 e. The van der Waals surface area contributed by atoms with Crippen molar-refractivity contribution in [3.8, 4) is 0 Å². The lowest BCUT2D eigenvalue weighted by Crippen LogP contribution is -2.21. The van der Waals surface area contributed by atoms with Crippen molar-refractivity contribution in [3.63, 3.8) is 0 Å². The van der Waals surface area contributed by atoms with Gasteiger partial charge in [0.1, 0.15) is 0 Å². The lowest BCUT2D eigenvalue weighted by molar-refractivity contribution is -0.125. The average Bonchev–Trinajstić information content (AvgIpc) is 3.35. The van der Waals surface area contributed by atoms with Gasteiger partial charge in [-0.3, -0.25) is 14.9 Å². The molecule has 2 amide bonds. The van der Waals surface area contributed by atoms with E-state index in [1.807, 2.05) is 55.8 Å². The Kier molecular flexibility index (Phi) is 3.66. The predicted octanol–water partition coefficient (Wildman–Crippen LogP) is 3.75. The Morgan fingerprint density at radius 2 is 1.64 bits per heavy atom. The lowest BCUT2D eigenvalue weighted by atomic mass is 9.83. The molecule has 140 valence electrons. The maximum absolute atomic E-state index is 12.9. The minimum Gasteiger partial charge on any atom is -0.361 e. The third-order valence-corrected chi connectivity index (χ3v) is 5.93. The molecule has 5 rings (SSSR count). The molecule has 2 atom stereocenters. The second kappa shape index (κ2) is 6.09. The molecule has 4 aromatic rings. The summed E-state index contributed by atoms with van der Waals surface area (Å²) in [6, 6.07) is 14.1. The molecule has 0 spiro atoms. The number of carbonyl (C=O) groups is 2. The predicted molar refractivity (Wildman–Crippen MR) is 109 cm³/mol. The van der Waals surface area contributed by atoms with E-state index in [-0.39, 0.29) is 11.8 Å². The molecule has 1 aliphatic heterocycles. The highest BCUT2D eigenvalue weighted by Gasteiger charge is 2.45. The minimum absolute atomic E-state index is 0.227. The average molecular weight is 371 g/mol. The van der Waals surface area contributed by atoms with Crippen LogP contribution in [0.1, 0.15) is 35.4 Å². The largest absolute Gasteiger partial charge is 0.361 e. The molecule has 0 bridgehead atoms. The van der Waals surface area contributed by atoms with Gasteiger partial charge in [0.05, 0.1) is 17.4 Å². The van der Waals surface area contributed by atoms with Gasteiger partial charge < -0.3 is 9.55 Å². The molecule has 2 aromatic carbocycles. The number of H-pyrrole nitrogens is 1. The summed E-state index contributed by atoms with van der Waals surface area (Å²) in [5.41, 5.74) is 5.11. The molecule has 1 saturated heterocycles. The third kappa shape index (κ3) is 2.26. The number of para-hydroxylation sites is 2. The van der Waals surface area contributed by atoms with Gasteiger partial charge >= 0.3 is 0 Å². The SMILES string of the molecule is CCc1cccc2c([C@@H]3C(=O)NC(=O)C3c3c[nH]c4ccccc34)cn(C)c12. The Bertz CT molecular complexity index is 1250. The Labute approximate surface area is 162 Å². The van der Waals surface area contributed by atoms with E-state index >= 15 is 0 Å². The zero-order valence-electron chi connectivity index (χ0n) is 15.8. The van der Waals surface area contributed by atoms with E-state index in [4.69, 9.17) is 0 Å². The van der Waals surface area contributed by atoms with Crippen LogP contribution in [0, 0.1) is 0 Å². The summed E-state index contributed by atoms with van der Waals surface area (Å²) >= 11 is 0. The summed E-state index contributed by atoms with van der Waals surface area (Å²) in [5, 5.41) is 4.60. The van der Waals surface area contributed by atoms with Crippen molar-refractivity contribution in [2.75, 3.05) is 0 Å². The molecule has 0 aliphatic carbocycles. The van der Waals surface area contributed by atoms with Crippen LogP contribution in [0.25, 0.3) is 21.8 Å². The first-order valence-corrected chi connectivity index (χ1v) is 9.57. The molecule has 1 aliphatic rings. The van der Waals surface area contributed by atoms with Gasteiger partial charge in [0, 0.05) is 35.7 Å². The number of rotatable bonds is 3. The molecule has 1 unspecified atom stereocenters. The number of hydrogen-bond acceptors (Lipinski definition) is 2. The zero-order chi connectivity index (χ0) is 19.4. The fourth-order valence-electron chi connectivity index (χ4n) is 4.69. The fraction of sp³-hybridized carbons (Fsp3) is 0.217. The second-order valence-electron chi connectivity index (χ2n) is 7.46. The summed E-state index contributed by atoms with van der Waals surface area (Å²) in [6.45, 7) is 2.13. The van der Waals surface area contributed by atoms with Crippen molar-refractivity contribution in [1.82, 2.24) is 14.9 Å². The molecular weight excluding hydrogens is 350 g/mol. The number of benzene rings is 2. The van der Waals surface area contributed by atoms with Gasteiger partial charge in [0.25, 0.3) is 0 Å². The van der Waals surface area contributed by atoms with Crippen LogP contribution in [-0.2, 0) is 23.1 Å². The van der Waals surface area contributed by atoms with Crippen molar-refractivity contribution in [2.45, 2.75) is 25.2 Å². The zero-order valence-corrected chi connectivity index (χ0v) is 15.8. The van der Waals surface area contributed by atoms with Gasteiger partial charge in [-0.05, 0) is 29.2 Å². The van der Waals surface area contributed by atoms with E-state index in [1.165, 1.54) is 5.56 Å². The van der Waals surface area contributed by atoms with Gasteiger partial charge in [-0.15, -0.1) is 0 Å². The topological polar surface area (TPSA) is 66.9 Å². The number of amides is 2. The Balaban J connectivity index is 1.73. The van der Waals surface area contributed by atoms with E-state index < -0.39 is 11.8 Å². The maximum atomic E-state index is 12.9. The quantitative estimate of drug-likeness (QED) is 0.539. The van der Waals surface area contributed by atoms with Crippen LogP contribution < -0.4 is 5.32 Å². The van der Waals surface area contributed by atoms with Crippen molar-refractivity contribution in [2.24, 2.45) is 7.05 Å². The molecule has 5 nitrogen and oxygen atoms in total. The van der Waals surface area contributed by atoms with Crippen molar-refractivity contribution >= 4 is 33.6 Å². The first kappa shape index (κ1) is 16.8. The van der Waals surface area contributed by atoms with Gasteiger partial charge in [0.15, 0.2) is 0 Å². The highest BCUT2D eigenvalue weighted by Crippen LogP contribution is 2.43. The first-order valence-electron chi connectivity index (χ1n) is 9.57. The van der Waals surface area contributed by atoms with Crippen molar-refractivity contribution in [3.05, 3.63) is 71.5 Å². The van der Waals surface area contributed by atoms with E-state index in [1.54, 1.807) is 0 Å². The number of carbonyl (C=O) groups excluding carboxylic acids is 2. The summed E-state index contributed by atoms with van der Waals surface area (Å²) in [7, 11) is 2.00. The number of nitrogens with zero attached hydrogens (tertiary/aromatic N) is 1.